The number of benzene rings is 1. The summed E-state index contributed by atoms with van der Waals surface area (Å²) >= 11 is 0. The Labute approximate surface area is 110 Å². The maximum Gasteiger partial charge on any atom is 0.270 e. The van der Waals surface area contributed by atoms with Crippen LogP contribution < -0.4 is 4.74 Å². The van der Waals surface area contributed by atoms with Crippen LogP contribution in [0.3, 0.4) is 0 Å². The summed E-state index contributed by atoms with van der Waals surface area (Å²) in [6, 6.07) is 4.70. The van der Waals surface area contributed by atoms with Crippen molar-refractivity contribution >= 4 is 17.5 Å². The summed E-state index contributed by atoms with van der Waals surface area (Å²) in [6.07, 6.45) is 7.44. The Balaban J connectivity index is 2.05. The molecule has 2 aliphatic heterocycles. The van der Waals surface area contributed by atoms with Gasteiger partial charge in [0.2, 0.25) is 0 Å². The number of aliphatic imine (C=N–C) groups is 1. The van der Waals surface area contributed by atoms with Gasteiger partial charge in [0, 0.05) is 36.8 Å². The van der Waals surface area contributed by atoms with Crippen molar-refractivity contribution in [2.75, 3.05) is 6.61 Å². The fraction of sp³-hybridized carbons (Fsp3) is 0.214. The highest BCUT2D eigenvalue weighted by molar-refractivity contribution is 5.77. The fourth-order valence-electron chi connectivity index (χ4n) is 2.22. The third kappa shape index (κ3) is 2.27. The smallest absolute Gasteiger partial charge is 0.270 e. The van der Waals surface area contributed by atoms with Crippen molar-refractivity contribution in [1.29, 1.82) is 0 Å². The number of nitro groups is 1. The second-order valence-corrected chi connectivity index (χ2v) is 4.38. The summed E-state index contributed by atoms with van der Waals surface area (Å²) in [7, 11) is 0. The molecule has 0 unspecified atom stereocenters. The molecule has 1 aromatic carbocycles. The number of ether oxygens (including phenoxy) is 1. The number of nitro benzene ring substituents is 1. The minimum atomic E-state index is -0.389. The zero-order chi connectivity index (χ0) is 13.2. The predicted molar refractivity (Wildman–Crippen MR) is 72.4 cm³/mol. The van der Waals surface area contributed by atoms with Crippen LogP contribution in [0.2, 0.25) is 0 Å². The molecule has 2 heterocycles. The van der Waals surface area contributed by atoms with Crippen LogP contribution in [0.4, 0.5) is 5.69 Å². The molecule has 0 radical (unpaired) electrons. The molecule has 0 fully saturated rings. The molecule has 0 bridgehead atoms. The first-order valence-electron chi connectivity index (χ1n) is 6.09. The van der Waals surface area contributed by atoms with Gasteiger partial charge in [0.25, 0.3) is 5.69 Å². The van der Waals surface area contributed by atoms with Crippen LogP contribution in [0.1, 0.15) is 18.4 Å². The van der Waals surface area contributed by atoms with Gasteiger partial charge in [0.1, 0.15) is 5.75 Å². The van der Waals surface area contributed by atoms with Gasteiger partial charge in [-0.15, -0.1) is 0 Å². The van der Waals surface area contributed by atoms with Crippen molar-refractivity contribution in [2.45, 2.75) is 12.8 Å². The molecule has 0 saturated heterocycles. The van der Waals surface area contributed by atoms with Crippen molar-refractivity contribution in [3.05, 3.63) is 51.7 Å². The van der Waals surface area contributed by atoms with Crippen molar-refractivity contribution in [2.24, 2.45) is 4.99 Å². The monoisotopic (exact) mass is 256 g/mol. The van der Waals surface area contributed by atoms with Crippen LogP contribution in [0.5, 0.6) is 5.75 Å². The summed E-state index contributed by atoms with van der Waals surface area (Å²) in [5.41, 5.74) is 2.83. The number of hydrogen-bond acceptors (Lipinski definition) is 4. The standard InChI is InChI=1S/C14H12N2O3/c17-16(18)12-3-4-14-13(9-12)10(5-7-19-14)8-11-2-1-6-15-11/h2-4,6,8-9H,1,5,7H2/b10-8+. The maximum absolute atomic E-state index is 10.8. The van der Waals surface area contributed by atoms with E-state index in [4.69, 9.17) is 4.74 Å². The molecule has 1 aromatic rings. The molecule has 19 heavy (non-hydrogen) atoms. The third-order valence-corrected chi connectivity index (χ3v) is 3.14. The molecule has 2 aliphatic rings. The fourth-order valence-corrected chi connectivity index (χ4v) is 2.22. The van der Waals surface area contributed by atoms with E-state index in [0.717, 1.165) is 29.7 Å². The predicted octanol–water partition coefficient (Wildman–Crippen LogP) is 3.12. The summed E-state index contributed by atoms with van der Waals surface area (Å²) in [4.78, 5) is 14.7. The first-order valence-corrected chi connectivity index (χ1v) is 6.09. The first kappa shape index (κ1) is 11.6. The van der Waals surface area contributed by atoms with Gasteiger partial charge in [0.15, 0.2) is 0 Å². The van der Waals surface area contributed by atoms with E-state index in [0.29, 0.717) is 12.4 Å². The third-order valence-electron chi connectivity index (χ3n) is 3.14. The van der Waals surface area contributed by atoms with Gasteiger partial charge in [-0.25, -0.2) is 0 Å². The second-order valence-electron chi connectivity index (χ2n) is 4.38. The van der Waals surface area contributed by atoms with E-state index in [9.17, 15) is 10.1 Å². The Morgan fingerprint density at radius 2 is 2.32 bits per heavy atom. The SMILES string of the molecule is O=[N+]([O-])c1ccc2c(c1)/C(=C/C1=CCC=N1)CCO2. The van der Waals surface area contributed by atoms with E-state index in [2.05, 4.69) is 4.99 Å². The number of allylic oxidation sites excluding steroid dienone is 2. The quantitative estimate of drug-likeness (QED) is 0.603. The van der Waals surface area contributed by atoms with Gasteiger partial charge in [-0.2, -0.15) is 0 Å². The molecule has 0 N–H and O–H groups in total. The lowest BCUT2D eigenvalue weighted by atomic mass is 9.98. The van der Waals surface area contributed by atoms with Crippen molar-refractivity contribution in [1.82, 2.24) is 0 Å². The van der Waals surface area contributed by atoms with Gasteiger partial charge >= 0.3 is 0 Å². The van der Waals surface area contributed by atoms with Crippen LogP contribution >= 0.6 is 0 Å². The minimum absolute atomic E-state index is 0.0825. The summed E-state index contributed by atoms with van der Waals surface area (Å²) in [6.45, 7) is 0.591. The molecular weight excluding hydrogens is 244 g/mol. The first-order chi connectivity index (χ1) is 9.24. The average molecular weight is 256 g/mol. The zero-order valence-electron chi connectivity index (χ0n) is 10.2. The Bertz CT molecular complexity index is 630. The average Bonchev–Trinajstić information content (AvgIpc) is 2.91. The lowest BCUT2D eigenvalue weighted by Gasteiger charge is -2.19. The van der Waals surface area contributed by atoms with Crippen LogP contribution in [0.25, 0.3) is 5.57 Å². The Morgan fingerprint density at radius 1 is 1.42 bits per heavy atom. The lowest BCUT2D eigenvalue weighted by molar-refractivity contribution is -0.384. The van der Waals surface area contributed by atoms with Gasteiger partial charge < -0.3 is 4.74 Å². The molecule has 3 rings (SSSR count). The second kappa shape index (κ2) is 4.68. The molecule has 5 nitrogen and oxygen atoms in total. The van der Waals surface area contributed by atoms with Crippen molar-refractivity contribution < 1.29 is 9.66 Å². The summed E-state index contributed by atoms with van der Waals surface area (Å²) in [5, 5.41) is 10.8. The van der Waals surface area contributed by atoms with E-state index in [1.54, 1.807) is 12.1 Å². The molecule has 0 aliphatic carbocycles. The maximum atomic E-state index is 10.8. The number of non-ortho nitro benzene ring substituents is 1. The normalized spacial score (nSPS) is 18.9. The Morgan fingerprint density at radius 3 is 3.05 bits per heavy atom. The van der Waals surface area contributed by atoms with E-state index >= 15 is 0 Å². The molecule has 5 heteroatoms. The number of hydrogen-bond donors (Lipinski definition) is 0. The Kier molecular flexibility index (Phi) is 2.87. The topological polar surface area (TPSA) is 64.7 Å². The van der Waals surface area contributed by atoms with E-state index in [-0.39, 0.29) is 10.6 Å². The number of rotatable bonds is 2. The van der Waals surface area contributed by atoms with Crippen LogP contribution in [-0.2, 0) is 0 Å². The molecule has 0 aromatic heterocycles. The van der Waals surface area contributed by atoms with E-state index < -0.39 is 0 Å². The lowest BCUT2D eigenvalue weighted by Crippen LogP contribution is -2.08. The van der Waals surface area contributed by atoms with Gasteiger partial charge in [-0.3, -0.25) is 15.1 Å². The van der Waals surface area contributed by atoms with Gasteiger partial charge in [0.05, 0.1) is 17.2 Å². The van der Waals surface area contributed by atoms with Crippen LogP contribution in [-0.4, -0.2) is 17.7 Å². The van der Waals surface area contributed by atoms with Crippen LogP contribution in [0.15, 0.2) is 41.0 Å². The zero-order valence-corrected chi connectivity index (χ0v) is 10.2. The van der Waals surface area contributed by atoms with E-state index in [1.165, 1.54) is 6.07 Å². The molecule has 0 amide bonds. The summed E-state index contributed by atoms with van der Waals surface area (Å²) in [5.74, 6) is 0.700. The molecule has 0 saturated carbocycles. The molecule has 96 valence electrons. The highest BCUT2D eigenvalue weighted by Crippen LogP contribution is 2.36. The number of nitrogens with zero attached hydrogens (tertiary/aromatic N) is 2. The molecular formula is C14H12N2O3. The van der Waals surface area contributed by atoms with Crippen LogP contribution in [0, 0.1) is 10.1 Å². The highest BCUT2D eigenvalue weighted by atomic mass is 16.6. The van der Waals surface area contributed by atoms with Gasteiger partial charge in [-0.05, 0) is 17.7 Å². The molecule has 0 atom stereocenters. The minimum Gasteiger partial charge on any atom is -0.493 e. The largest absolute Gasteiger partial charge is 0.493 e. The summed E-state index contributed by atoms with van der Waals surface area (Å²) < 4.78 is 5.53. The molecule has 0 spiro atoms. The van der Waals surface area contributed by atoms with Crippen molar-refractivity contribution in [3.63, 3.8) is 0 Å². The highest BCUT2D eigenvalue weighted by Gasteiger charge is 2.19. The van der Waals surface area contributed by atoms with Gasteiger partial charge in [-0.1, -0.05) is 6.08 Å². The Hall–Kier alpha value is -2.43. The number of fused-ring (bicyclic) bond motifs is 1. The van der Waals surface area contributed by atoms with Crippen molar-refractivity contribution in [3.8, 4) is 5.75 Å². The van der Waals surface area contributed by atoms with E-state index in [1.807, 2.05) is 18.4 Å².